The van der Waals surface area contributed by atoms with Gasteiger partial charge in [0.1, 0.15) is 5.69 Å². The summed E-state index contributed by atoms with van der Waals surface area (Å²) in [7, 11) is 0. The molecular weight excluding hydrogens is 252 g/mol. The van der Waals surface area contributed by atoms with Gasteiger partial charge in [0.2, 0.25) is 0 Å². The first-order chi connectivity index (χ1) is 8.26. The summed E-state index contributed by atoms with van der Waals surface area (Å²) in [6.45, 7) is 8.21. The summed E-state index contributed by atoms with van der Waals surface area (Å²) in [5, 5.41) is 12.5. The fourth-order valence-corrected chi connectivity index (χ4v) is 1.73. The molecule has 1 aromatic heterocycles. The standard InChI is InChI=1S/C13H21ClN2O2/c1-9(2)16-6-10(14)5-11(16)12(18)15-7-13(3,4)8-17/h5-6,9,17H,7-8H2,1-4H3,(H,15,18). The van der Waals surface area contributed by atoms with E-state index in [1.54, 1.807) is 12.3 Å². The number of aliphatic hydroxyl groups excluding tert-OH is 1. The molecule has 0 aliphatic heterocycles. The van der Waals surface area contributed by atoms with Gasteiger partial charge in [-0.25, -0.2) is 0 Å². The van der Waals surface area contributed by atoms with Gasteiger partial charge in [-0.3, -0.25) is 4.79 Å². The molecule has 0 atom stereocenters. The lowest BCUT2D eigenvalue weighted by molar-refractivity contribution is 0.0900. The van der Waals surface area contributed by atoms with Gasteiger partial charge in [-0.1, -0.05) is 25.4 Å². The average Bonchev–Trinajstić information content (AvgIpc) is 2.68. The van der Waals surface area contributed by atoms with Crippen LogP contribution in [0.3, 0.4) is 0 Å². The molecule has 2 N–H and O–H groups in total. The number of halogens is 1. The second kappa shape index (κ2) is 5.76. The number of carbonyl (C=O) groups is 1. The minimum absolute atomic E-state index is 0.0270. The van der Waals surface area contributed by atoms with E-state index in [9.17, 15) is 4.79 Å². The maximum atomic E-state index is 12.1. The van der Waals surface area contributed by atoms with Crippen molar-refractivity contribution in [1.82, 2.24) is 9.88 Å². The Hall–Kier alpha value is -1.00. The van der Waals surface area contributed by atoms with E-state index in [4.69, 9.17) is 16.7 Å². The number of nitrogens with one attached hydrogen (secondary N) is 1. The van der Waals surface area contributed by atoms with Crippen LogP contribution >= 0.6 is 11.6 Å². The lowest BCUT2D eigenvalue weighted by Gasteiger charge is -2.22. The van der Waals surface area contributed by atoms with Crippen LogP contribution in [0.5, 0.6) is 0 Å². The lowest BCUT2D eigenvalue weighted by atomic mass is 9.95. The van der Waals surface area contributed by atoms with Crippen molar-refractivity contribution in [2.24, 2.45) is 5.41 Å². The van der Waals surface area contributed by atoms with E-state index in [-0.39, 0.29) is 24.0 Å². The van der Waals surface area contributed by atoms with Gasteiger partial charge in [-0.15, -0.1) is 0 Å². The quantitative estimate of drug-likeness (QED) is 0.865. The van der Waals surface area contributed by atoms with E-state index >= 15 is 0 Å². The Morgan fingerprint density at radius 2 is 2.17 bits per heavy atom. The zero-order valence-electron chi connectivity index (χ0n) is 11.3. The third-order valence-corrected chi connectivity index (χ3v) is 2.97. The number of rotatable bonds is 5. The molecule has 0 fully saturated rings. The first-order valence-corrected chi connectivity index (χ1v) is 6.41. The molecule has 0 saturated heterocycles. The van der Waals surface area contributed by atoms with Gasteiger partial charge in [0, 0.05) is 30.8 Å². The number of hydrogen-bond acceptors (Lipinski definition) is 2. The van der Waals surface area contributed by atoms with Crippen LogP contribution in [-0.2, 0) is 0 Å². The van der Waals surface area contributed by atoms with E-state index in [1.807, 2.05) is 32.3 Å². The van der Waals surface area contributed by atoms with Crippen LogP contribution in [0, 0.1) is 5.41 Å². The van der Waals surface area contributed by atoms with Crippen LogP contribution in [0.2, 0.25) is 5.02 Å². The highest BCUT2D eigenvalue weighted by molar-refractivity contribution is 6.31. The monoisotopic (exact) mass is 272 g/mol. The molecule has 0 aromatic carbocycles. The van der Waals surface area contributed by atoms with Crippen molar-refractivity contribution >= 4 is 17.5 Å². The minimum Gasteiger partial charge on any atom is -0.396 e. The Labute approximate surface area is 113 Å². The SMILES string of the molecule is CC(C)n1cc(Cl)cc1C(=O)NCC(C)(C)CO. The second-order valence-electron chi connectivity index (χ2n) is 5.55. The van der Waals surface area contributed by atoms with Gasteiger partial charge in [-0.2, -0.15) is 0 Å². The summed E-state index contributed by atoms with van der Waals surface area (Å²) >= 11 is 5.93. The van der Waals surface area contributed by atoms with Gasteiger partial charge in [-0.05, 0) is 19.9 Å². The van der Waals surface area contributed by atoms with Crippen molar-refractivity contribution in [3.63, 3.8) is 0 Å². The first kappa shape index (κ1) is 15.1. The van der Waals surface area contributed by atoms with Crippen LogP contribution in [0.1, 0.15) is 44.2 Å². The van der Waals surface area contributed by atoms with Crippen LogP contribution in [0.25, 0.3) is 0 Å². The molecule has 0 aliphatic carbocycles. The Kier molecular flexibility index (Phi) is 4.82. The zero-order chi connectivity index (χ0) is 13.9. The number of nitrogens with zero attached hydrogens (tertiary/aromatic N) is 1. The minimum atomic E-state index is -0.325. The lowest BCUT2D eigenvalue weighted by Crippen LogP contribution is -2.36. The summed E-state index contributed by atoms with van der Waals surface area (Å²) in [5.41, 5.74) is 0.220. The molecule has 0 aliphatic rings. The van der Waals surface area contributed by atoms with Gasteiger partial charge in [0.25, 0.3) is 5.91 Å². The fraction of sp³-hybridized carbons (Fsp3) is 0.615. The number of aliphatic hydroxyl groups is 1. The van der Waals surface area contributed by atoms with Crippen molar-refractivity contribution in [2.45, 2.75) is 33.7 Å². The van der Waals surface area contributed by atoms with Crippen LogP contribution in [-0.4, -0.2) is 28.7 Å². The second-order valence-corrected chi connectivity index (χ2v) is 5.99. The van der Waals surface area contributed by atoms with Crippen molar-refractivity contribution in [1.29, 1.82) is 0 Å². The number of amides is 1. The molecule has 0 radical (unpaired) electrons. The van der Waals surface area contributed by atoms with Crippen molar-refractivity contribution in [3.8, 4) is 0 Å². The first-order valence-electron chi connectivity index (χ1n) is 6.03. The van der Waals surface area contributed by atoms with E-state index < -0.39 is 0 Å². The molecule has 18 heavy (non-hydrogen) atoms. The number of aromatic nitrogens is 1. The van der Waals surface area contributed by atoms with Gasteiger partial charge in [0.15, 0.2) is 0 Å². The molecule has 4 nitrogen and oxygen atoms in total. The fourth-order valence-electron chi connectivity index (χ4n) is 1.52. The highest BCUT2D eigenvalue weighted by atomic mass is 35.5. The third kappa shape index (κ3) is 3.75. The van der Waals surface area contributed by atoms with E-state index in [1.165, 1.54) is 0 Å². The van der Waals surface area contributed by atoms with Gasteiger partial charge in [0.05, 0.1) is 5.02 Å². The van der Waals surface area contributed by atoms with Crippen LogP contribution in [0.15, 0.2) is 12.3 Å². The predicted octanol–water partition coefficient (Wildman–Crippen LogP) is 2.47. The van der Waals surface area contributed by atoms with E-state index in [0.717, 1.165) is 0 Å². The summed E-state index contributed by atoms with van der Waals surface area (Å²) in [6.07, 6.45) is 1.75. The molecule has 0 unspecified atom stereocenters. The molecule has 1 aromatic rings. The molecule has 0 saturated carbocycles. The molecule has 5 heteroatoms. The highest BCUT2D eigenvalue weighted by Crippen LogP contribution is 2.19. The van der Waals surface area contributed by atoms with Gasteiger partial charge < -0.3 is 15.0 Å². The third-order valence-electron chi connectivity index (χ3n) is 2.76. The Morgan fingerprint density at radius 3 is 2.67 bits per heavy atom. The highest BCUT2D eigenvalue weighted by Gasteiger charge is 2.20. The molecule has 1 heterocycles. The predicted molar refractivity (Wildman–Crippen MR) is 73.0 cm³/mol. The average molecular weight is 273 g/mol. The summed E-state index contributed by atoms with van der Waals surface area (Å²) in [6, 6.07) is 1.83. The summed E-state index contributed by atoms with van der Waals surface area (Å²) in [4.78, 5) is 12.1. The number of carbonyl (C=O) groups excluding carboxylic acids is 1. The largest absolute Gasteiger partial charge is 0.396 e. The normalized spacial score (nSPS) is 11.9. The van der Waals surface area contributed by atoms with Crippen LogP contribution in [0.4, 0.5) is 0 Å². The van der Waals surface area contributed by atoms with Crippen LogP contribution < -0.4 is 5.32 Å². The molecule has 0 spiro atoms. The summed E-state index contributed by atoms with van der Waals surface area (Å²) in [5.74, 6) is -0.169. The van der Waals surface area contributed by atoms with Crippen molar-refractivity contribution in [3.05, 3.63) is 23.0 Å². The number of hydrogen-bond donors (Lipinski definition) is 2. The smallest absolute Gasteiger partial charge is 0.267 e. The Balaban J connectivity index is 2.79. The topological polar surface area (TPSA) is 54.3 Å². The Morgan fingerprint density at radius 1 is 1.56 bits per heavy atom. The maximum absolute atomic E-state index is 12.1. The molecule has 1 amide bonds. The van der Waals surface area contributed by atoms with Gasteiger partial charge >= 0.3 is 0 Å². The van der Waals surface area contributed by atoms with E-state index in [0.29, 0.717) is 17.3 Å². The maximum Gasteiger partial charge on any atom is 0.267 e. The van der Waals surface area contributed by atoms with Crippen molar-refractivity contribution < 1.29 is 9.90 Å². The van der Waals surface area contributed by atoms with E-state index in [2.05, 4.69) is 5.32 Å². The molecule has 0 bridgehead atoms. The molecule has 102 valence electrons. The zero-order valence-corrected chi connectivity index (χ0v) is 12.1. The van der Waals surface area contributed by atoms with Crippen molar-refractivity contribution in [2.75, 3.05) is 13.2 Å². The molecule has 1 rings (SSSR count). The summed E-state index contributed by atoms with van der Waals surface area (Å²) < 4.78 is 1.84. The Bertz CT molecular complexity index is 425. The molecular formula is C13H21ClN2O2.